The molecule has 2 aliphatic rings. The van der Waals surface area contributed by atoms with E-state index in [1.54, 1.807) is 0 Å². The van der Waals surface area contributed by atoms with Crippen LogP contribution in [0, 0.1) is 18.3 Å². The van der Waals surface area contributed by atoms with Gasteiger partial charge in [0.15, 0.2) is 0 Å². The summed E-state index contributed by atoms with van der Waals surface area (Å²) in [6.07, 6.45) is 2.36. The number of likely N-dealkylation sites (tertiary alicyclic amines) is 1. The minimum atomic E-state index is -0.247. The van der Waals surface area contributed by atoms with E-state index in [0.717, 1.165) is 37.1 Å². The highest BCUT2D eigenvalue weighted by molar-refractivity contribution is 8.03. The summed E-state index contributed by atoms with van der Waals surface area (Å²) in [5.41, 5.74) is 2.64. The SMILES string of the molecule is Cc1ccc([C@@H]2CC(=O)NC(SCC(=O)N3CCCC3)=C2C#N)cc1. The van der Waals surface area contributed by atoms with Crippen LogP contribution in [-0.4, -0.2) is 35.6 Å². The topological polar surface area (TPSA) is 73.2 Å². The van der Waals surface area contributed by atoms with E-state index in [0.29, 0.717) is 10.6 Å². The Kier molecular flexibility index (Phi) is 5.44. The van der Waals surface area contributed by atoms with Crippen LogP contribution in [0.25, 0.3) is 0 Å². The van der Waals surface area contributed by atoms with E-state index in [-0.39, 0.29) is 29.9 Å². The van der Waals surface area contributed by atoms with E-state index in [4.69, 9.17) is 0 Å². The van der Waals surface area contributed by atoms with Crippen molar-refractivity contribution in [3.8, 4) is 6.07 Å². The molecule has 1 aromatic carbocycles. The first kappa shape index (κ1) is 17.6. The normalized spacial score (nSPS) is 20.4. The summed E-state index contributed by atoms with van der Waals surface area (Å²) >= 11 is 1.26. The van der Waals surface area contributed by atoms with Gasteiger partial charge in [-0.2, -0.15) is 5.26 Å². The van der Waals surface area contributed by atoms with Gasteiger partial charge in [0, 0.05) is 25.4 Å². The van der Waals surface area contributed by atoms with Gasteiger partial charge in [-0.05, 0) is 25.3 Å². The molecule has 0 bridgehead atoms. The highest BCUT2D eigenvalue weighted by Crippen LogP contribution is 2.36. The van der Waals surface area contributed by atoms with Gasteiger partial charge in [0.05, 0.1) is 22.4 Å². The molecule has 2 aliphatic heterocycles. The summed E-state index contributed by atoms with van der Waals surface area (Å²) in [6.45, 7) is 3.62. The van der Waals surface area contributed by atoms with Crippen molar-refractivity contribution in [1.82, 2.24) is 10.2 Å². The zero-order valence-electron chi connectivity index (χ0n) is 14.2. The molecule has 25 heavy (non-hydrogen) atoms. The quantitative estimate of drug-likeness (QED) is 0.901. The van der Waals surface area contributed by atoms with E-state index in [9.17, 15) is 14.9 Å². The summed E-state index contributed by atoms with van der Waals surface area (Å²) in [5.74, 6) is -0.0371. The molecule has 1 aromatic rings. The van der Waals surface area contributed by atoms with E-state index in [2.05, 4.69) is 11.4 Å². The number of aryl methyl sites for hydroxylation is 1. The van der Waals surface area contributed by atoms with Crippen molar-refractivity contribution >= 4 is 23.6 Å². The van der Waals surface area contributed by atoms with Gasteiger partial charge in [0.2, 0.25) is 11.8 Å². The molecule has 0 saturated carbocycles. The van der Waals surface area contributed by atoms with Crippen molar-refractivity contribution in [1.29, 1.82) is 5.26 Å². The van der Waals surface area contributed by atoms with Gasteiger partial charge in [-0.1, -0.05) is 41.6 Å². The lowest BCUT2D eigenvalue weighted by Crippen LogP contribution is -2.33. The van der Waals surface area contributed by atoms with Crippen LogP contribution >= 0.6 is 11.8 Å². The zero-order valence-corrected chi connectivity index (χ0v) is 15.1. The predicted molar refractivity (Wildman–Crippen MR) is 97.6 cm³/mol. The minimum Gasteiger partial charge on any atom is -0.342 e. The average Bonchev–Trinajstić information content (AvgIpc) is 3.14. The van der Waals surface area contributed by atoms with Crippen molar-refractivity contribution in [3.05, 3.63) is 46.0 Å². The molecule has 1 fully saturated rings. The molecule has 6 heteroatoms. The molecule has 3 rings (SSSR count). The zero-order chi connectivity index (χ0) is 17.8. The molecule has 2 amide bonds. The van der Waals surface area contributed by atoms with Crippen LogP contribution in [0.15, 0.2) is 34.9 Å². The number of hydrogen-bond acceptors (Lipinski definition) is 4. The third-order valence-electron chi connectivity index (χ3n) is 4.63. The molecule has 0 aromatic heterocycles. The lowest BCUT2D eigenvalue weighted by molar-refractivity contribution is -0.127. The maximum atomic E-state index is 12.2. The number of thioether (sulfide) groups is 1. The first-order valence-electron chi connectivity index (χ1n) is 8.49. The molecule has 5 nitrogen and oxygen atoms in total. The second-order valence-corrected chi connectivity index (χ2v) is 7.43. The highest BCUT2D eigenvalue weighted by atomic mass is 32.2. The van der Waals surface area contributed by atoms with E-state index in [1.165, 1.54) is 11.8 Å². The Morgan fingerprint density at radius 2 is 2.00 bits per heavy atom. The van der Waals surface area contributed by atoms with Gasteiger partial charge in [-0.15, -0.1) is 0 Å². The summed E-state index contributed by atoms with van der Waals surface area (Å²) in [6, 6.07) is 10.2. The molecule has 0 spiro atoms. The Morgan fingerprint density at radius 1 is 1.32 bits per heavy atom. The lowest BCUT2D eigenvalue weighted by Gasteiger charge is -2.25. The second kappa shape index (κ2) is 7.75. The molecular formula is C19H21N3O2S. The first-order valence-corrected chi connectivity index (χ1v) is 9.48. The van der Waals surface area contributed by atoms with Crippen molar-refractivity contribution in [2.45, 2.75) is 32.1 Å². The number of nitrogens with zero attached hydrogens (tertiary/aromatic N) is 2. The van der Waals surface area contributed by atoms with Gasteiger partial charge < -0.3 is 10.2 Å². The van der Waals surface area contributed by atoms with Crippen molar-refractivity contribution in [3.63, 3.8) is 0 Å². The number of amides is 2. The number of rotatable bonds is 4. The summed E-state index contributed by atoms with van der Waals surface area (Å²) < 4.78 is 0. The van der Waals surface area contributed by atoms with Crippen LogP contribution in [0.2, 0.25) is 0 Å². The van der Waals surface area contributed by atoms with Crippen molar-refractivity contribution in [2.75, 3.05) is 18.8 Å². The van der Waals surface area contributed by atoms with Crippen LogP contribution in [-0.2, 0) is 9.59 Å². The third kappa shape index (κ3) is 4.05. The van der Waals surface area contributed by atoms with Gasteiger partial charge in [-0.3, -0.25) is 9.59 Å². The Morgan fingerprint density at radius 3 is 2.64 bits per heavy atom. The fraction of sp³-hybridized carbons (Fsp3) is 0.421. The molecule has 0 aliphatic carbocycles. The largest absolute Gasteiger partial charge is 0.342 e. The Hall–Kier alpha value is -2.26. The second-order valence-electron chi connectivity index (χ2n) is 6.45. The maximum absolute atomic E-state index is 12.2. The average molecular weight is 355 g/mol. The fourth-order valence-corrected chi connectivity index (χ4v) is 4.19. The number of allylic oxidation sites excluding steroid dienone is 1. The van der Waals surface area contributed by atoms with Crippen LogP contribution in [0.4, 0.5) is 0 Å². The van der Waals surface area contributed by atoms with Crippen LogP contribution < -0.4 is 5.32 Å². The molecule has 2 heterocycles. The van der Waals surface area contributed by atoms with Crippen LogP contribution in [0.1, 0.15) is 36.3 Å². The molecule has 0 radical (unpaired) electrons. The van der Waals surface area contributed by atoms with Crippen LogP contribution in [0.5, 0.6) is 0 Å². The van der Waals surface area contributed by atoms with Gasteiger partial charge in [0.1, 0.15) is 0 Å². The monoisotopic (exact) mass is 355 g/mol. The molecular weight excluding hydrogens is 334 g/mol. The standard InChI is InChI=1S/C19H21N3O2S/c1-13-4-6-14(7-5-13)15-10-17(23)21-19(16(15)11-20)25-12-18(24)22-8-2-3-9-22/h4-7,15H,2-3,8-10,12H2,1H3,(H,21,23)/t15-/m0/s1. The van der Waals surface area contributed by atoms with Gasteiger partial charge >= 0.3 is 0 Å². The number of benzene rings is 1. The lowest BCUT2D eigenvalue weighted by atomic mass is 9.87. The van der Waals surface area contributed by atoms with Gasteiger partial charge in [0.25, 0.3) is 0 Å². The number of hydrogen-bond donors (Lipinski definition) is 1. The van der Waals surface area contributed by atoms with E-state index < -0.39 is 0 Å². The van der Waals surface area contributed by atoms with E-state index in [1.807, 2.05) is 36.1 Å². The summed E-state index contributed by atoms with van der Waals surface area (Å²) in [5, 5.41) is 13.0. The van der Waals surface area contributed by atoms with Crippen LogP contribution in [0.3, 0.4) is 0 Å². The number of nitriles is 1. The molecule has 130 valence electrons. The Bertz CT molecular complexity index is 743. The summed E-state index contributed by atoms with van der Waals surface area (Å²) in [7, 11) is 0. The predicted octanol–water partition coefficient (Wildman–Crippen LogP) is 2.69. The first-order chi connectivity index (χ1) is 12.1. The smallest absolute Gasteiger partial charge is 0.232 e. The van der Waals surface area contributed by atoms with E-state index >= 15 is 0 Å². The Labute approximate surface area is 152 Å². The fourth-order valence-electron chi connectivity index (χ4n) is 3.21. The van der Waals surface area contributed by atoms with Crippen molar-refractivity contribution in [2.24, 2.45) is 0 Å². The third-order valence-corrected chi connectivity index (χ3v) is 5.64. The number of carbonyl (C=O) groups is 2. The van der Waals surface area contributed by atoms with Crippen molar-refractivity contribution < 1.29 is 9.59 Å². The number of carbonyl (C=O) groups excluding carboxylic acids is 2. The molecule has 1 saturated heterocycles. The number of nitrogens with one attached hydrogen (secondary N) is 1. The molecule has 1 N–H and O–H groups in total. The molecule has 1 atom stereocenters. The Balaban J connectivity index is 1.79. The summed E-state index contributed by atoms with van der Waals surface area (Å²) in [4.78, 5) is 26.2. The maximum Gasteiger partial charge on any atom is 0.232 e. The molecule has 0 unspecified atom stereocenters. The minimum absolute atomic E-state index is 0.0685. The highest BCUT2D eigenvalue weighted by Gasteiger charge is 2.30. The van der Waals surface area contributed by atoms with Gasteiger partial charge in [-0.25, -0.2) is 0 Å².